The van der Waals surface area contributed by atoms with Crippen LogP contribution in [-0.2, 0) is 12.8 Å². The first-order valence-electron chi connectivity index (χ1n) is 4.25. The number of hydrogen-bond acceptors (Lipinski definition) is 2. The van der Waals surface area contributed by atoms with Crippen molar-refractivity contribution in [1.29, 1.82) is 0 Å². The molecule has 0 aromatic carbocycles. The third-order valence-electron chi connectivity index (χ3n) is 2.44. The van der Waals surface area contributed by atoms with Crippen molar-refractivity contribution in [1.82, 2.24) is 14.4 Å². The van der Waals surface area contributed by atoms with Gasteiger partial charge >= 0.3 is 0 Å². The molecule has 0 radical (unpaired) electrons. The first-order chi connectivity index (χ1) is 5.95. The molecule has 3 heteroatoms. The lowest BCUT2D eigenvalue weighted by atomic mass is 10.3. The quantitative estimate of drug-likeness (QED) is 0.578. The Kier molecular flexibility index (Phi) is 1.06. The summed E-state index contributed by atoms with van der Waals surface area (Å²) in [6.07, 6.45) is 9.18. The maximum Gasteiger partial charge on any atom is 0.155 e. The Hall–Kier alpha value is -1.38. The van der Waals surface area contributed by atoms with Crippen LogP contribution in [0.3, 0.4) is 0 Å². The van der Waals surface area contributed by atoms with Crippen LogP contribution in [0, 0.1) is 0 Å². The third kappa shape index (κ3) is 0.656. The van der Waals surface area contributed by atoms with Crippen LogP contribution in [0.5, 0.6) is 0 Å². The van der Waals surface area contributed by atoms with E-state index in [1.165, 1.54) is 24.2 Å². The van der Waals surface area contributed by atoms with Gasteiger partial charge in [-0.1, -0.05) is 0 Å². The third-order valence-corrected chi connectivity index (χ3v) is 2.44. The average Bonchev–Trinajstić information content (AvgIpc) is 2.62. The fraction of sp³-hybridized carbons (Fsp3) is 0.333. The maximum absolute atomic E-state index is 4.49. The Morgan fingerprint density at radius 3 is 3.33 bits per heavy atom. The summed E-state index contributed by atoms with van der Waals surface area (Å²) in [6, 6.07) is 0. The van der Waals surface area contributed by atoms with Crippen molar-refractivity contribution >= 4 is 5.65 Å². The van der Waals surface area contributed by atoms with E-state index in [1.807, 2.05) is 18.6 Å². The standard InChI is InChI=1S/C9H9N3/c1-2-7-8(3-1)12-5-4-10-6-9(12)11-7/h4-6H,1-3H2. The second kappa shape index (κ2) is 2.06. The van der Waals surface area contributed by atoms with Gasteiger partial charge in [-0.3, -0.25) is 4.98 Å². The van der Waals surface area contributed by atoms with Gasteiger partial charge in [-0.25, -0.2) is 4.98 Å². The average molecular weight is 159 g/mol. The molecule has 3 rings (SSSR count). The van der Waals surface area contributed by atoms with Crippen molar-refractivity contribution in [2.24, 2.45) is 0 Å². The molecule has 2 heterocycles. The highest BCUT2D eigenvalue weighted by Gasteiger charge is 2.16. The van der Waals surface area contributed by atoms with Gasteiger partial charge in [-0.05, 0) is 19.3 Å². The van der Waals surface area contributed by atoms with Gasteiger partial charge in [0.15, 0.2) is 5.65 Å². The first kappa shape index (κ1) is 6.17. The predicted molar refractivity (Wildman–Crippen MR) is 45.0 cm³/mol. The van der Waals surface area contributed by atoms with E-state index in [4.69, 9.17) is 0 Å². The molecule has 12 heavy (non-hydrogen) atoms. The summed E-state index contributed by atoms with van der Waals surface area (Å²) in [4.78, 5) is 8.54. The molecular formula is C9H9N3. The molecule has 0 aliphatic heterocycles. The summed E-state index contributed by atoms with van der Waals surface area (Å²) in [5.41, 5.74) is 3.64. The van der Waals surface area contributed by atoms with E-state index >= 15 is 0 Å². The van der Waals surface area contributed by atoms with Gasteiger partial charge < -0.3 is 4.40 Å². The zero-order valence-corrected chi connectivity index (χ0v) is 6.70. The number of aromatic nitrogens is 3. The molecule has 60 valence electrons. The van der Waals surface area contributed by atoms with Gasteiger partial charge in [-0.15, -0.1) is 0 Å². The van der Waals surface area contributed by atoms with E-state index in [9.17, 15) is 0 Å². The fourth-order valence-electron chi connectivity index (χ4n) is 1.89. The van der Waals surface area contributed by atoms with Crippen molar-refractivity contribution < 1.29 is 0 Å². The molecule has 0 N–H and O–H groups in total. The summed E-state index contributed by atoms with van der Waals surface area (Å²) in [5, 5.41) is 0. The Labute approximate surface area is 70.1 Å². The Morgan fingerprint density at radius 1 is 1.33 bits per heavy atom. The summed E-state index contributed by atoms with van der Waals surface area (Å²) < 4.78 is 2.15. The molecule has 2 aromatic heterocycles. The minimum Gasteiger partial charge on any atom is -0.301 e. The van der Waals surface area contributed by atoms with E-state index in [-0.39, 0.29) is 0 Å². The van der Waals surface area contributed by atoms with Crippen molar-refractivity contribution in [2.75, 3.05) is 0 Å². The molecule has 0 spiro atoms. The number of nitrogens with zero attached hydrogens (tertiary/aromatic N) is 3. The van der Waals surface area contributed by atoms with Crippen LogP contribution >= 0.6 is 0 Å². The fourth-order valence-corrected chi connectivity index (χ4v) is 1.89. The summed E-state index contributed by atoms with van der Waals surface area (Å²) in [6.45, 7) is 0. The molecule has 0 saturated carbocycles. The van der Waals surface area contributed by atoms with Gasteiger partial charge in [0.05, 0.1) is 11.9 Å². The number of aryl methyl sites for hydroxylation is 2. The normalized spacial score (nSPS) is 15.3. The number of hydrogen-bond donors (Lipinski definition) is 0. The van der Waals surface area contributed by atoms with E-state index in [0.29, 0.717) is 0 Å². The molecule has 2 aromatic rings. The first-order valence-corrected chi connectivity index (χ1v) is 4.25. The maximum atomic E-state index is 4.49. The highest BCUT2D eigenvalue weighted by atomic mass is 15.0. The molecule has 1 aliphatic rings. The van der Waals surface area contributed by atoms with Crippen LogP contribution in [-0.4, -0.2) is 14.4 Å². The number of imidazole rings is 1. The van der Waals surface area contributed by atoms with Gasteiger partial charge in [0, 0.05) is 18.1 Å². The lowest BCUT2D eigenvalue weighted by Gasteiger charge is -1.94. The van der Waals surface area contributed by atoms with Crippen LogP contribution in [0.25, 0.3) is 5.65 Å². The lowest BCUT2D eigenvalue weighted by Crippen LogP contribution is -1.89. The predicted octanol–water partition coefficient (Wildman–Crippen LogP) is 1.22. The summed E-state index contributed by atoms with van der Waals surface area (Å²) in [7, 11) is 0. The van der Waals surface area contributed by atoms with E-state index in [1.54, 1.807) is 0 Å². The van der Waals surface area contributed by atoms with Crippen molar-refractivity contribution in [2.45, 2.75) is 19.3 Å². The summed E-state index contributed by atoms with van der Waals surface area (Å²) in [5.74, 6) is 0. The molecule has 3 nitrogen and oxygen atoms in total. The number of fused-ring (bicyclic) bond motifs is 3. The zero-order chi connectivity index (χ0) is 7.97. The SMILES string of the molecule is c1cn2c3c(nc2cn1)CCC3. The Balaban J connectivity index is 2.44. The van der Waals surface area contributed by atoms with E-state index < -0.39 is 0 Å². The second-order valence-electron chi connectivity index (χ2n) is 3.16. The Morgan fingerprint density at radius 2 is 2.33 bits per heavy atom. The van der Waals surface area contributed by atoms with E-state index in [0.717, 1.165) is 12.1 Å². The van der Waals surface area contributed by atoms with Crippen LogP contribution < -0.4 is 0 Å². The second-order valence-corrected chi connectivity index (χ2v) is 3.16. The van der Waals surface area contributed by atoms with Crippen molar-refractivity contribution in [3.8, 4) is 0 Å². The monoisotopic (exact) mass is 159 g/mol. The molecule has 1 aliphatic carbocycles. The van der Waals surface area contributed by atoms with Crippen LogP contribution in [0.1, 0.15) is 17.8 Å². The molecule has 0 amide bonds. The van der Waals surface area contributed by atoms with Crippen molar-refractivity contribution in [3.05, 3.63) is 30.0 Å². The van der Waals surface area contributed by atoms with Gasteiger partial charge in [0.25, 0.3) is 0 Å². The van der Waals surface area contributed by atoms with Crippen molar-refractivity contribution in [3.63, 3.8) is 0 Å². The summed E-state index contributed by atoms with van der Waals surface area (Å²) >= 11 is 0. The molecule has 0 unspecified atom stereocenters. The van der Waals surface area contributed by atoms with Gasteiger partial charge in [0.1, 0.15) is 0 Å². The van der Waals surface area contributed by atoms with Gasteiger partial charge in [-0.2, -0.15) is 0 Å². The topological polar surface area (TPSA) is 30.2 Å². The van der Waals surface area contributed by atoms with Gasteiger partial charge in [0.2, 0.25) is 0 Å². The Bertz CT molecular complexity index is 430. The minimum absolute atomic E-state index is 0.988. The van der Waals surface area contributed by atoms with Crippen LogP contribution in [0.4, 0.5) is 0 Å². The molecule has 0 fully saturated rings. The molecule has 0 bridgehead atoms. The van der Waals surface area contributed by atoms with E-state index in [2.05, 4.69) is 14.4 Å². The highest BCUT2D eigenvalue weighted by Crippen LogP contribution is 2.21. The lowest BCUT2D eigenvalue weighted by molar-refractivity contribution is 0.866. The molecular weight excluding hydrogens is 150 g/mol. The molecule has 0 saturated heterocycles. The zero-order valence-electron chi connectivity index (χ0n) is 6.70. The highest BCUT2D eigenvalue weighted by molar-refractivity contribution is 5.42. The smallest absolute Gasteiger partial charge is 0.155 e. The minimum atomic E-state index is 0.988. The van der Waals surface area contributed by atoms with Crippen LogP contribution in [0.2, 0.25) is 0 Å². The molecule has 0 atom stereocenters. The number of rotatable bonds is 0. The largest absolute Gasteiger partial charge is 0.301 e. The van der Waals surface area contributed by atoms with Crippen LogP contribution in [0.15, 0.2) is 18.6 Å².